The zero-order chi connectivity index (χ0) is 11.6. The van der Waals surface area contributed by atoms with E-state index in [-0.39, 0.29) is 5.60 Å². The molecule has 0 spiro atoms. The largest absolute Gasteiger partial charge is 0.375 e. The zero-order valence-electron chi connectivity index (χ0n) is 11.1. The maximum atomic E-state index is 5.69. The summed E-state index contributed by atoms with van der Waals surface area (Å²) in [5, 5.41) is 3.61. The van der Waals surface area contributed by atoms with Crippen molar-refractivity contribution in [1.82, 2.24) is 5.32 Å². The summed E-state index contributed by atoms with van der Waals surface area (Å²) in [6, 6.07) is 0. The van der Waals surface area contributed by atoms with E-state index in [0.717, 1.165) is 30.9 Å². The molecule has 0 heterocycles. The second-order valence-electron chi connectivity index (χ2n) is 6.26. The van der Waals surface area contributed by atoms with E-state index in [1.165, 1.54) is 32.2 Å². The molecule has 2 aliphatic rings. The van der Waals surface area contributed by atoms with Crippen molar-refractivity contribution in [2.24, 2.45) is 17.8 Å². The molecule has 2 nitrogen and oxygen atoms in total. The van der Waals surface area contributed by atoms with E-state index in [0.29, 0.717) is 0 Å². The summed E-state index contributed by atoms with van der Waals surface area (Å²) in [5.41, 5.74) is -0.00757. The lowest BCUT2D eigenvalue weighted by Crippen LogP contribution is -2.40. The van der Waals surface area contributed by atoms with E-state index in [1.54, 1.807) is 0 Å². The normalized spacial score (nSPS) is 33.6. The van der Waals surface area contributed by atoms with Crippen LogP contribution in [0.2, 0.25) is 0 Å². The number of hydrogen-bond acceptors (Lipinski definition) is 2. The highest BCUT2D eigenvalue weighted by Gasteiger charge is 2.39. The van der Waals surface area contributed by atoms with Gasteiger partial charge in [-0.1, -0.05) is 6.42 Å². The molecule has 0 amide bonds. The molecule has 2 fully saturated rings. The molecule has 2 aliphatic carbocycles. The molecule has 16 heavy (non-hydrogen) atoms. The summed E-state index contributed by atoms with van der Waals surface area (Å²) in [6.07, 6.45) is 5.99. The molecule has 3 unspecified atom stereocenters. The first kappa shape index (κ1) is 12.4. The summed E-state index contributed by atoms with van der Waals surface area (Å²) in [7, 11) is 0. The van der Waals surface area contributed by atoms with Gasteiger partial charge in [-0.25, -0.2) is 0 Å². The molecule has 0 saturated heterocycles. The van der Waals surface area contributed by atoms with Crippen molar-refractivity contribution in [3.63, 3.8) is 0 Å². The molecular formula is C14H27NO. The third kappa shape index (κ3) is 2.98. The van der Waals surface area contributed by atoms with E-state index in [2.05, 4.69) is 26.1 Å². The van der Waals surface area contributed by atoms with Crippen molar-refractivity contribution in [3.8, 4) is 0 Å². The maximum Gasteiger partial charge on any atom is 0.0750 e. The molecule has 0 aromatic rings. The second-order valence-corrected chi connectivity index (χ2v) is 6.26. The monoisotopic (exact) mass is 225 g/mol. The number of fused-ring (bicyclic) bond motifs is 2. The van der Waals surface area contributed by atoms with Crippen LogP contribution in [-0.4, -0.2) is 25.3 Å². The minimum atomic E-state index is -0.00757. The fourth-order valence-electron chi connectivity index (χ4n) is 3.63. The van der Waals surface area contributed by atoms with Gasteiger partial charge >= 0.3 is 0 Å². The van der Waals surface area contributed by atoms with Gasteiger partial charge in [-0.2, -0.15) is 0 Å². The van der Waals surface area contributed by atoms with Gasteiger partial charge in [0.15, 0.2) is 0 Å². The van der Waals surface area contributed by atoms with Crippen LogP contribution < -0.4 is 5.32 Å². The van der Waals surface area contributed by atoms with Crippen LogP contribution in [0, 0.1) is 17.8 Å². The van der Waals surface area contributed by atoms with Gasteiger partial charge < -0.3 is 10.1 Å². The zero-order valence-corrected chi connectivity index (χ0v) is 11.1. The van der Waals surface area contributed by atoms with Gasteiger partial charge in [0.05, 0.1) is 5.60 Å². The standard InChI is InChI=1S/C14H27NO/c1-4-16-14(2,3)10-15-9-13-8-11-5-6-12(13)7-11/h11-13,15H,4-10H2,1-3H3. The van der Waals surface area contributed by atoms with Crippen molar-refractivity contribution in [2.45, 2.75) is 52.1 Å². The van der Waals surface area contributed by atoms with Crippen LogP contribution >= 0.6 is 0 Å². The predicted molar refractivity (Wildman–Crippen MR) is 67.5 cm³/mol. The van der Waals surface area contributed by atoms with Gasteiger partial charge in [0.1, 0.15) is 0 Å². The average molecular weight is 225 g/mol. The molecule has 0 aromatic heterocycles. The summed E-state index contributed by atoms with van der Waals surface area (Å²) in [6.45, 7) is 9.40. The van der Waals surface area contributed by atoms with Crippen molar-refractivity contribution < 1.29 is 4.74 Å². The Kier molecular flexibility index (Phi) is 3.91. The van der Waals surface area contributed by atoms with Gasteiger partial charge in [0.25, 0.3) is 0 Å². The first-order valence-electron chi connectivity index (χ1n) is 6.95. The molecule has 0 aliphatic heterocycles. The quantitative estimate of drug-likeness (QED) is 0.750. The maximum absolute atomic E-state index is 5.69. The summed E-state index contributed by atoms with van der Waals surface area (Å²) < 4.78 is 5.69. The number of nitrogens with one attached hydrogen (secondary N) is 1. The summed E-state index contributed by atoms with van der Waals surface area (Å²) in [5.74, 6) is 3.06. The molecule has 0 aromatic carbocycles. The Bertz CT molecular complexity index is 227. The summed E-state index contributed by atoms with van der Waals surface area (Å²) in [4.78, 5) is 0. The fourth-order valence-corrected chi connectivity index (χ4v) is 3.63. The van der Waals surface area contributed by atoms with Crippen LogP contribution in [0.5, 0.6) is 0 Å². The van der Waals surface area contributed by atoms with Gasteiger partial charge in [0.2, 0.25) is 0 Å². The third-order valence-corrected chi connectivity index (χ3v) is 4.38. The first-order chi connectivity index (χ1) is 7.61. The molecule has 2 rings (SSSR count). The van der Waals surface area contributed by atoms with E-state index >= 15 is 0 Å². The van der Waals surface area contributed by atoms with Gasteiger partial charge in [-0.15, -0.1) is 0 Å². The topological polar surface area (TPSA) is 21.3 Å². The van der Waals surface area contributed by atoms with Crippen LogP contribution in [0.4, 0.5) is 0 Å². The van der Waals surface area contributed by atoms with E-state index in [1.807, 2.05) is 0 Å². The molecule has 2 saturated carbocycles. The molecule has 3 atom stereocenters. The Morgan fingerprint density at radius 2 is 2.06 bits per heavy atom. The average Bonchev–Trinajstić information content (AvgIpc) is 2.78. The van der Waals surface area contributed by atoms with Gasteiger partial charge in [-0.05, 0) is 64.3 Å². The Hall–Kier alpha value is -0.0800. The highest BCUT2D eigenvalue weighted by Crippen LogP contribution is 2.47. The van der Waals surface area contributed by atoms with Crippen molar-refractivity contribution in [2.75, 3.05) is 19.7 Å². The number of rotatable bonds is 6. The molecule has 2 bridgehead atoms. The lowest BCUT2D eigenvalue weighted by atomic mass is 9.89. The first-order valence-corrected chi connectivity index (χ1v) is 6.95. The van der Waals surface area contributed by atoms with Crippen LogP contribution in [-0.2, 0) is 4.74 Å². The Morgan fingerprint density at radius 1 is 1.25 bits per heavy atom. The lowest BCUT2D eigenvalue weighted by Gasteiger charge is -2.27. The minimum absolute atomic E-state index is 0.00757. The van der Waals surface area contributed by atoms with E-state index in [9.17, 15) is 0 Å². The summed E-state index contributed by atoms with van der Waals surface area (Å²) >= 11 is 0. The highest BCUT2D eigenvalue weighted by atomic mass is 16.5. The second kappa shape index (κ2) is 5.05. The van der Waals surface area contributed by atoms with Gasteiger partial charge in [0, 0.05) is 13.2 Å². The SMILES string of the molecule is CCOC(C)(C)CNCC1CC2CCC1C2. The molecule has 1 N–H and O–H groups in total. The van der Waals surface area contributed by atoms with Crippen LogP contribution in [0.1, 0.15) is 46.5 Å². The van der Waals surface area contributed by atoms with Crippen LogP contribution in [0.25, 0.3) is 0 Å². The Balaban J connectivity index is 1.65. The number of hydrogen-bond donors (Lipinski definition) is 1. The fraction of sp³-hybridized carbons (Fsp3) is 1.00. The third-order valence-electron chi connectivity index (χ3n) is 4.38. The molecule has 0 radical (unpaired) electrons. The molecular weight excluding hydrogens is 198 g/mol. The smallest absolute Gasteiger partial charge is 0.0750 e. The Morgan fingerprint density at radius 3 is 2.62 bits per heavy atom. The number of ether oxygens (including phenoxy) is 1. The van der Waals surface area contributed by atoms with Crippen molar-refractivity contribution in [3.05, 3.63) is 0 Å². The van der Waals surface area contributed by atoms with Crippen LogP contribution in [0.15, 0.2) is 0 Å². The Labute approximate surface area is 100 Å². The van der Waals surface area contributed by atoms with Crippen molar-refractivity contribution in [1.29, 1.82) is 0 Å². The minimum Gasteiger partial charge on any atom is -0.375 e. The molecule has 2 heteroatoms. The van der Waals surface area contributed by atoms with E-state index < -0.39 is 0 Å². The lowest BCUT2D eigenvalue weighted by molar-refractivity contribution is -0.00956. The molecule has 94 valence electrons. The van der Waals surface area contributed by atoms with Crippen molar-refractivity contribution >= 4 is 0 Å². The van der Waals surface area contributed by atoms with E-state index in [4.69, 9.17) is 4.74 Å². The predicted octanol–water partition coefficient (Wildman–Crippen LogP) is 2.83. The van der Waals surface area contributed by atoms with Crippen LogP contribution in [0.3, 0.4) is 0 Å². The highest BCUT2D eigenvalue weighted by molar-refractivity contribution is 4.91. The van der Waals surface area contributed by atoms with Gasteiger partial charge in [-0.3, -0.25) is 0 Å².